The fourth-order valence-corrected chi connectivity index (χ4v) is 4.40. The zero-order valence-corrected chi connectivity index (χ0v) is 17.3. The minimum absolute atomic E-state index is 0.706. The zero-order valence-electron chi connectivity index (χ0n) is 16.6. The lowest BCUT2D eigenvalue weighted by Gasteiger charge is -2.11. The van der Waals surface area contributed by atoms with Crippen molar-refractivity contribution in [3.8, 4) is 5.69 Å². The van der Waals surface area contributed by atoms with Crippen LogP contribution in [0.15, 0.2) is 103 Å². The van der Waals surface area contributed by atoms with Crippen molar-refractivity contribution in [1.82, 2.24) is 9.55 Å². The number of benzene rings is 5. The molecule has 4 heteroatoms. The molecule has 6 rings (SSSR count). The molecule has 0 unspecified atom stereocenters. The molecule has 0 saturated heterocycles. The van der Waals surface area contributed by atoms with Gasteiger partial charge in [-0.1, -0.05) is 66.2 Å². The van der Waals surface area contributed by atoms with Gasteiger partial charge in [0.1, 0.15) is 6.33 Å². The van der Waals surface area contributed by atoms with Crippen molar-refractivity contribution in [2.24, 2.45) is 0 Å². The van der Waals surface area contributed by atoms with Gasteiger partial charge in [0.15, 0.2) is 0 Å². The first-order valence-electron chi connectivity index (χ1n) is 10.2. The first kappa shape index (κ1) is 18.0. The second kappa shape index (κ2) is 7.15. The lowest BCUT2D eigenvalue weighted by molar-refractivity contribution is 1.09. The summed E-state index contributed by atoms with van der Waals surface area (Å²) in [6.07, 6.45) is 1.90. The van der Waals surface area contributed by atoms with E-state index in [2.05, 4.69) is 64.5 Å². The van der Waals surface area contributed by atoms with Gasteiger partial charge >= 0.3 is 0 Å². The number of hydrogen-bond donors (Lipinski definition) is 1. The Balaban J connectivity index is 1.48. The predicted molar refractivity (Wildman–Crippen MR) is 131 cm³/mol. The van der Waals surface area contributed by atoms with Gasteiger partial charge in [-0.15, -0.1) is 0 Å². The Kier molecular flexibility index (Phi) is 4.15. The number of nitrogens with one attached hydrogen (secondary N) is 1. The zero-order chi connectivity index (χ0) is 20.8. The van der Waals surface area contributed by atoms with E-state index in [0.717, 1.165) is 33.5 Å². The fourth-order valence-electron chi connectivity index (χ4n) is 4.22. The first-order chi connectivity index (χ1) is 15.3. The molecule has 5 aromatic carbocycles. The molecule has 1 aromatic heterocycles. The second-order valence-electron chi connectivity index (χ2n) is 7.58. The summed E-state index contributed by atoms with van der Waals surface area (Å²) in [5.74, 6) is 0. The Morgan fingerprint density at radius 1 is 0.710 bits per heavy atom. The summed E-state index contributed by atoms with van der Waals surface area (Å²) < 4.78 is 2.13. The summed E-state index contributed by atoms with van der Waals surface area (Å²) in [5, 5.41) is 8.86. The Labute approximate surface area is 184 Å². The molecule has 148 valence electrons. The Morgan fingerprint density at radius 2 is 1.48 bits per heavy atom. The number of hydrogen-bond acceptors (Lipinski definition) is 2. The highest BCUT2D eigenvalue weighted by Crippen LogP contribution is 2.34. The van der Waals surface area contributed by atoms with Gasteiger partial charge in [-0.05, 0) is 58.6 Å². The molecule has 0 aliphatic heterocycles. The molecule has 0 fully saturated rings. The molecule has 0 spiro atoms. The van der Waals surface area contributed by atoms with Gasteiger partial charge < -0.3 is 5.32 Å². The van der Waals surface area contributed by atoms with E-state index < -0.39 is 0 Å². The normalized spacial score (nSPS) is 11.4. The maximum Gasteiger partial charge on any atom is 0.100 e. The minimum Gasteiger partial charge on any atom is -0.354 e. The van der Waals surface area contributed by atoms with Crippen LogP contribution in [0.5, 0.6) is 0 Å². The molecule has 0 saturated carbocycles. The monoisotopic (exact) mass is 419 g/mol. The van der Waals surface area contributed by atoms with Gasteiger partial charge in [0.25, 0.3) is 0 Å². The van der Waals surface area contributed by atoms with E-state index in [4.69, 9.17) is 16.6 Å². The third-order valence-corrected chi connectivity index (χ3v) is 6.05. The number of nitrogens with zero attached hydrogens (tertiary/aromatic N) is 2. The molecule has 1 heterocycles. The summed E-state index contributed by atoms with van der Waals surface area (Å²) >= 11 is 6.30. The van der Waals surface area contributed by atoms with E-state index in [1.807, 2.05) is 48.8 Å². The van der Waals surface area contributed by atoms with E-state index >= 15 is 0 Å². The number of imidazole rings is 1. The highest BCUT2D eigenvalue weighted by molar-refractivity contribution is 6.33. The van der Waals surface area contributed by atoms with Crippen LogP contribution in [0.25, 0.3) is 38.3 Å². The summed E-state index contributed by atoms with van der Waals surface area (Å²) in [5.41, 5.74) is 5.14. The maximum absolute atomic E-state index is 6.30. The smallest absolute Gasteiger partial charge is 0.100 e. The maximum atomic E-state index is 6.30. The van der Waals surface area contributed by atoms with E-state index in [-0.39, 0.29) is 0 Å². The van der Waals surface area contributed by atoms with Crippen LogP contribution in [0, 0.1) is 0 Å². The van der Waals surface area contributed by atoms with Gasteiger partial charge in [-0.3, -0.25) is 4.57 Å². The number of halogens is 1. The van der Waals surface area contributed by atoms with Crippen molar-refractivity contribution in [2.75, 3.05) is 5.32 Å². The van der Waals surface area contributed by atoms with Crippen molar-refractivity contribution >= 4 is 55.6 Å². The van der Waals surface area contributed by atoms with Crippen LogP contribution in [0.4, 0.5) is 11.4 Å². The van der Waals surface area contributed by atoms with Gasteiger partial charge in [-0.25, -0.2) is 4.98 Å². The minimum atomic E-state index is 0.706. The third kappa shape index (κ3) is 3.02. The molecule has 6 aromatic rings. The van der Waals surface area contributed by atoms with Crippen LogP contribution in [-0.2, 0) is 0 Å². The molecular formula is C27H18ClN3. The first-order valence-corrected chi connectivity index (χ1v) is 10.6. The highest BCUT2D eigenvalue weighted by Gasteiger charge is 2.10. The van der Waals surface area contributed by atoms with E-state index in [1.165, 1.54) is 16.2 Å². The lowest BCUT2D eigenvalue weighted by atomic mass is 10.0. The predicted octanol–water partition coefficient (Wildman–Crippen LogP) is 7.73. The molecule has 0 amide bonds. The average Bonchev–Trinajstić information content (AvgIpc) is 3.25. The Morgan fingerprint density at radius 3 is 2.35 bits per heavy atom. The van der Waals surface area contributed by atoms with E-state index in [1.54, 1.807) is 0 Å². The number of para-hydroxylation sites is 2. The topological polar surface area (TPSA) is 29.9 Å². The number of rotatable bonds is 3. The van der Waals surface area contributed by atoms with Crippen LogP contribution in [0.3, 0.4) is 0 Å². The summed E-state index contributed by atoms with van der Waals surface area (Å²) in [7, 11) is 0. The van der Waals surface area contributed by atoms with E-state index in [0.29, 0.717) is 5.02 Å². The molecule has 3 nitrogen and oxygen atoms in total. The molecule has 0 radical (unpaired) electrons. The molecule has 0 aliphatic carbocycles. The summed E-state index contributed by atoms with van der Waals surface area (Å²) in [4.78, 5) is 4.75. The SMILES string of the molecule is Clc1ccccc1Nc1ccc2c(ccc3c2ccc2c3ncn2-c2ccccc2)c1. The van der Waals surface area contributed by atoms with E-state index in [9.17, 15) is 0 Å². The average molecular weight is 420 g/mol. The van der Waals surface area contributed by atoms with Crippen LogP contribution in [0.1, 0.15) is 0 Å². The molecule has 0 bridgehead atoms. The second-order valence-corrected chi connectivity index (χ2v) is 7.99. The van der Waals surface area contributed by atoms with Gasteiger partial charge in [0, 0.05) is 16.8 Å². The summed E-state index contributed by atoms with van der Waals surface area (Å²) in [6, 6.07) is 33.2. The van der Waals surface area contributed by atoms with Crippen LogP contribution in [-0.4, -0.2) is 9.55 Å². The fraction of sp³-hybridized carbons (Fsp3) is 0. The Hall–Kier alpha value is -3.82. The Bertz CT molecular complexity index is 1570. The molecule has 31 heavy (non-hydrogen) atoms. The van der Waals surface area contributed by atoms with Crippen LogP contribution >= 0.6 is 11.6 Å². The van der Waals surface area contributed by atoms with Crippen molar-refractivity contribution in [2.45, 2.75) is 0 Å². The van der Waals surface area contributed by atoms with Gasteiger partial charge in [-0.2, -0.15) is 0 Å². The van der Waals surface area contributed by atoms with Crippen molar-refractivity contribution in [3.63, 3.8) is 0 Å². The molecular weight excluding hydrogens is 402 g/mol. The lowest BCUT2D eigenvalue weighted by Crippen LogP contribution is -1.92. The third-order valence-electron chi connectivity index (χ3n) is 5.72. The van der Waals surface area contributed by atoms with Crippen molar-refractivity contribution in [1.29, 1.82) is 0 Å². The standard InChI is InChI=1S/C27H18ClN3/c28-24-8-4-5-9-25(24)30-19-11-13-21-18(16-19)10-12-23-22(21)14-15-26-27(23)29-17-31(26)20-6-2-1-3-7-20/h1-17,30H. The quantitative estimate of drug-likeness (QED) is 0.297. The molecule has 0 atom stereocenters. The van der Waals surface area contributed by atoms with Crippen molar-refractivity contribution in [3.05, 3.63) is 108 Å². The largest absolute Gasteiger partial charge is 0.354 e. The van der Waals surface area contributed by atoms with Gasteiger partial charge in [0.05, 0.1) is 21.7 Å². The number of aromatic nitrogens is 2. The highest BCUT2D eigenvalue weighted by atomic mass is 35.5. The number of fused-ring (bicyclic) bond motifs is 5. The van der Waals surface area contributed by atoms with Crippen molar-refractivity contribution < 1.29 is 0 Å². The number of anilines is 2. The summed E-state index contributed by atoms with van der Waals surface area (Å²) in [6.45, 7) is 0. The van der Waals surface area contributed by atoms with Crippen LogP contribution < -0.4 is 5.32 Å². The van der Waals surface area contributed by atoms with Crippen LogP contribution in [0.2, 0.25) is 5.02 Å². The molecule has 1 N–H and O–H groups in total. The van der Waals surface area contributed by atoms with Gasteiger partial charge in [0.2, 0.25) is 0 Å². The molecule has 0 aliphatic rings.